The van der Waals surface area contributed by atoms with E-state index in [1.807, 2.05) is 0 Å². The van der Waals surface area contributed by atoms with Crippen LogP contribution in [0.25, 0.3) is 0 Å². The van der Waals surface area contributed by atoms with Gasteiger partial charge in [-0.05, 0) is 54.2 Å². The van der Waals surface area contributed by atoms with E-state index in [-0.39, 0.29) is 0 Å². The van der Waals surface area contributed by atoms with Crippen LogP contribution in [0.15, 0.2) is 16.8 Å². The Labute approximate surface area is 85.2 Å². The largest absolute Gasteiger partial charge is 0.316 e. The van der Waals surface area contributed by atoms with Gasteiger partial charge >= 0.3 is 0 Å². The van der Waals surface area contributed by atoms with Crippen LogP contribution in [0, 0.1) is 5.92 Å². The normalized spacial score (nSPS) is 11.0. The smallest absolute Gasteiger partial charge is 0.00258 e. The summed E-state index contributed by atoms with van der Waals surface area (Å²) < 4.78 is 0. The van der Waals surface area contributed by atoms with Gasteiger partial charge in [0, 0.05) is 0 Å². The summed E-state index contributed by atoms with van der Waals surface area (Å²) in [6.45, 7) is 6.77. The molecular weight excluding hydrogens is 178 g/mol. The van der Waals surface area contributed by atoms with Crippen molar-refractivity contribution in [1.82, 2.24) is 5.32 Å². The van der Waals surface area contributed by atoms with Gasteiger partial charge in [-0.15, -0.1) is 0 Å². The van der Waals surface area contributed by atoms with E-state index < -0.39 is 0 Å². The Bertz CT molecular complexity index is 204. The van der Waals surface area contributed by atoms with Crippen LogP contribution in [0.1, 0.15) is 25.8 Å². The van der Waals surface area contributed by atoms with E-state index in [0.29, 0.717) is 0 Å². The van der Waals surface area contributed by atoms with Gasteiger partial charge in [0.2, 0.25) is 0 Å². The molecule has 0 aliphatic heterocycles. The fourth-order valence-corrected chi connectivity index (χ4v) is 1.95. The first-order valence-electron chi connectivity index (χ1n) is 5.01. The zero-order valence-electron chi connectivity index (χ0n) is 8.55. The second kappa shape index (κ2) is 6.17. The van der Waals surface area contributed by atoms with Gasteiger partial charge in [-0.3, -0.25) is 0 Å². The Morgan fingerprint density at radius 2 is 2.31 bits per heavy atom. The highest BCUT2D eigenvalue weighted by Gasteiger charge is 1.94. The molecule has 0 spiro atoms. The van der Waals surface area contributed by atoms with Gasteiger partial charge in [-0.1, -0.05) is 13.8 Å². The van der Waals surface area contributed by atoms with Gasteiger partial charge in [-0.2, -0.15) is 11.3 Å². The van der Waals surface area contributed by atoms with Crippen LogP contribution in [0.2, 0.25) is 0 Å². The Morgan fingerprint density at radius 1 is 1.46 bits per heavy atom. The third-order valence-electron chi connectivity index (χ3n) is 1.95. The summed E-state index contributed by atoms with van der Waals surface area (Å²) >= 11 is 1.79. The molecule has 0 amide bonds. The molecule has 0 fully saturated rings. The van der Waals surface area contributed by atoms with Gasteiger partial charge in [-0.25, -0.2) is 0 Å². The minimum absolute atomic E-state index is 0.765. The number of hydrogen-bond acceptors (Lipinski definition) is 2. The highest BCUT2D eigenvalue weighted by atomic mass is 32.1. The summed E-state index contributed by atoms with van der Waals surface area (Å²) in [6.07, 6.45) is 2.47. The van der Waals surface area contributed by atoms with Crippen molar-refractivity contribution in [2.45, 2.75) is 26.7 Å². The van der Waals surface area contributed by atoms with Crippen molar-refractivity contribution in [2.24, 2.45) is 5.92 Å². The first kappa shape index (κ1) is 10.7. The SMILES string of the molecule is CC(C)CNCCCc1ccsc1. The zero-order valence-corrected chi connectivity index (χ0v) is 9.36. The van der Waals surface area contributed by atoms with Gasteiger partial charge < -0.3 is 5.32 Å². The van der Waals surface area contributed by atoms with Crippen LogP contribution in [-0.2, 0) is 6.42 Å². The summed E-state index contributed by atoms with van der Waals surface area (Å²) in [7, 11) is 0. The molecular formula is C11H19NS. The number of aryl methyl sites for hydroxylation is 1. The van der Waals surface area contributed by atoms with Crippen LogP contribution < -0.4 is 5.32 Å². The Kier molecular flexibility index (Phi) is 5.09. The van der Waals surface area contributed by atoms with E-state index in [2.05, 4.69) is 36.0 Å². The highest BCUT2D eigenvalue weighted by Crippen LogP contribution is 2.07. The molecule has 1 nitrogen and oxygen atoms in total. The molecule has 0 radical (unpaired) electrons. The zero-order chi connectivity index (χ0) is 9.52. The molecule has 0 aromatic carbocycles. The highest BCUT2D eigenvalue weighted by molar-refractivity contribution is 7.07. The molecule has 0 saturated carbocycles. The summed E-state index contributed by atoms with van der Waals surface area (Å²) in [5.74, 6) is 0.765. The number of hydrogen-bond donors (Lipinski definition) is 1. The Hall–Kier alpha value is -0.340. The average molecular weight is 197 g/mol. The molecule has 1 aromatic heterocycles. The molecule has 0 saturated heterocycles. The average Bonchev–Trinajstić information content (AvgIpc) is 2.55. The number of thiophene rings is 1. The second-order valence-corrected chi connectivity index (χ2v) is 4.61. The molecule has 0 bridgehead atoms. The van der Waals surface area contributed by atoms with Crippen molar-refractivity contribution < 1.29 is 0 Å². The third-order valence-corrected chi connectivity index (χ3v) is 2.68. The van der Waals surface area contributed by atoms with E-state index in [0.717, 1.165) is 19.0 Å². The van der Waals surface area contributed by atoms with Crippen molar-refractivity contribution in [3.63, 3.8) is 0 Å². The van der Waals surface area contributed by atoms with Crippen LogP contribution in [0.5, 0.6) is 0 Å². The van der Waals surface area contributed by atoms with Gasteiger partial charge in [0.05, 0.1) is 0 Å². The summed E-state index contributed by atoms with van der Waals surface area (Å²) in [5, 5.41) is 7.84. The molecule has 0 atom stereocenters. The van der Waals surface area contributed by atoms with Crippen molar-refractivity contribution in [1.29, 1.82) is 0 Å². The van der Waals surface area contributed by atoms with Crippen LogP contribution >= 0.6 is 11.3 Å². The number of nitrogens with one attached hydrogen (secondary N) is 1. The molecule has 13 heavy (non-hydrogen) atoms. The predicted molar refractivity (Wildman–Crippen MR) is 60.3 cm³/mol. The maximum Gasteiger partial charge on any atom is -0.00258 e. The topological polar surface area (TPSA) is 12.0 Å². The standard InChI is InChI=1S/C11H19NS/c1-10(2)8-12-6-3-4-11-5-7-13-9-11/h5,7,9-10,12H,3-4,6,8H2,1-2H3. The molecule has 1 heterocycles. The maximum absolute atomic E-state index is 3.45. The van der Waals surface area contributed by atoms with Gasteiger partial charge in [0.25, 0.3) is 0 Å². The molecule has 0 aliphatic rings. The van der Waals surface area contributed by atoms with Gasteiger partial charge in [0.15, 0.2) is 0 Å². The van der Waals surface area contributed by atoms with Crippen LogP contribution in [0.4, 0.5) is 0 Å². The molecule has 1 N–H and O–H groups in total. The molecule has 1 rings (SSSR count). The van der Waals surface area contributed by atoms with Crippen molar-refractivity contribution in [3.8, 4) is 0 Å². The number of rotatable bonds is 6. The third kappa shape index (κ3) is 5.06. The van der Waals surface area contributed by atoms with E-state index in [9.17, 15) is 0 Å². The quantitative estimate of drug-likeness (QED) is 0.691. The minimum atomic E-state index is 0.765. The van der Waals surface area contributed by atoms with E-state index in [1.54, 1.807) is 11.3 Å². The molecule has 74 valence electrons. The maximum atomic E-state index is 3.45. The van der Waals surface area contributed by atoms with E-state index in [4.69, 9.17) is 0 Å². The Balaban J connectivity index is 1.96. The first-order chi connectivity index (χ1) is 6.29. The van der Waals surface area contributed by atoms with Gasteiger partial charge in [0.1, 0.15) is 0 Å². The lowest BCUT2D eigenvalue weighted by Gasteiger charge is -2.06. The molecule has 0 unspecified atom stereocenters. The van der Waals surface area contributed by atoms with E-state index in [1.165, 1.54) is 18.4 Å². The lowest BCUT2D eigenvalue weighted by molar-refractivity contribution is 0.543. The first-order valence-corrected chi connectivity index (χ1v) is 5.95. The van der Waals surface area contributed by atoms with Crippen molar-refractivity contribution >= 4 is 11.3 Å². The Morgan fingerprint density at radius 3 is 2.92 bits per heavy atom. The van der Waals surface area contributed by atoms with Crippen molar-refractivity contribution in [3.05, 3.63) is 22.4 Å². The summed E-state index contributed by atoms with van der Waals surface area (Å²) in [5.41, 5.74) is 1.48. The lowest BCUT2D eigenvalue weighted by Crippen LogP contribution is -2.20. The predicted octanol–water partition coefficient (Wildman–Crippen LogP) is 2.93. The van der Waals surface area contributed by atoms with Crippen molar-refractivity contribution in [2.75, 3.05) is 13.1 Å². The molecule has 1 aromatic rings. The van der Waals surface area contributed by atoms with Crippen LogP contribution in [0.3, 0.4) is 0 Å². The fraction of sp³-hybridized carbons (Fsp3) is 0.636. The molecule has 2 heteroatoms. The van der Waals surface area contributed by atoms with Crippen LogP contribution in [-0.4, -0.2) is 13.1 Å². The second-order valence-electron chi connectivity index (χ2n) is 3.83. The minimum Gasteiger partial charge on any atom is -0.316 e. The lowest BCUT2D eigenvalue weighted by atomic mass is 10.2. The fourth-order valence-electron chi connectivity index (χ4n) is 1.24. The van der Waals surface area contributed by atoms with E-state index >= 15 is 0 Å². The summed E-state index contributed by atoms with van der Waals surface area (Å²) in [4.78, 5) is 0. The molecule has 0 aliphatic carbocycles. The summed E-state index contributed by atoms with van der Waals surface area (Å²) in [6, 6.07) is 2.22. The monoisotopic (exact) mass is 197 g/mol.